The van der Waals surface area contributed by atoms with Gasteiger partial charge in [-0.3, -0.25) is 0 Å². The van der Waals surface area contributed by atoms with Crippen LogP contribution in [0.2, 0.25) is 0 Å². The maximum Gasteiger partial charge on any atom is 0.345 e. The van der Waals surface area contributed by atoms with E-state index in [1.54, 1.807) is 26.4 Å². The molecule has 0 fully saturated rings. The molecule has 28 heavy (non-hydrogen) atoms. The topological polar surface area (TPSA) is 63.2 Å². The predicted octanol–water partition coefficient (Wildman–Crippen LogP) is 4.23. The van der Waals surface area contributed by atoms with Crippen LogP contribution < -0.4 is 18.9 Å². The van der Waals surface area contributed by atoms with E-state index in [0.29, 0.717) is 35.0 Å². The second-order valence-electron chi connectivity index (χ2n) is 5.98. The fraction of sp³-hybridized carbons (Fsp3) is 0.227. The van der Waals surface area contributed by atoms with Gasteiger partial charge < -0.3 is 23.7 Å². The van der Waals surface area contributed by atoms with E-state index in [1.165, 1.54) is 14.2 Å². The minimum Gasteiger partial charge on any atom is -0.497 e. The monoisotopic (exact) mass is 382 g/mol. The highest BCUT2D eigenvalue weighted by atomic mass is 16.5. The van der Waals surface area contributed by atoms with Crippen LogP contribution in [0.15, 0.2) is 48.5 Å². The highest BCUT2D eigenvalue weighted by Crippen LogP contribution is 2.44. The minimum atomic E-state index is -0.556. The fourth-order valence-corrected chi connectivity index (χ4v) is 3.05. The van der Waals surface area contributed by atoms with Gasteiger partial charge in [-0.05, 0) is 23.1 Å². The fourth-order valence-electron chi connectivity index (χ4n) is 3.05. The van der Waals surface area contributed by atoms with Gasteiger partial charge in [-0.25, -0.2) is 4.79 Å². The first-order chi connectivity index (χ1) is 13.6. The first-order valence-electron chi connectivity index (χ1n) is 8.64. The van der Waals surface area contributed by atoms with Crippen molar-refractivity contribution in [3.63, 3.8) is 0 Å². The van der Waals surface area contributed by atoms with Gasteiger partial charge in [0, 0.05) is 6.07 Å². The Hall–Kier alpha value is -3.41. The summed E-state index contributed by atoms with van der Waals surface area (Å²) in [5, 5.41) is 1.39. The largest absolute Gasteiger partial charge is 0.497 e. The Kier molecular flexibility index (Phi) is 5.89. The van der Waals surface area contributed by atoms with E-state index < -0.39 is 5.97 Å². The van der Waals surface area contributed by atoms with Crippen LogP contribution in [0.3, 0.4) is 0 Å². The smallest absolute Gasteiger partial charge is 0.345 e. The number of hydrogen-bond acceptors (Lipinski definition) is 6. The third kappa shape index (κ3) is 3.67. The van der Waals surface area contributed by atoms with Crippen LogP contribution in [0, 0.1) is 0 Å². The number of hydrogen-bond donors (Lipinski definition) is 0. The van der Waals surface area contributed by atoms with Gasteiger partial charge in [0.15, 0.2) is 0 Å². The molecule has 0 aliphatic rings. The molecule has 3 rings (SSSR count). The molecule has 0 spiro atoms. The molecule has 0 N–H and O–H groups in total. The molecule has 3 aromatic rings. The summed E-state index contributed by atoms with van der Waals surface area (Å²) >= 11 is 0. The summed E-state index contributed by atoms with van der Waals surface area (Å²) in [6, 6.07) is 15.0. The first kappa shape index (κ1) is 19.4. The molecule has 0 atom stereocenters. The van der Waals surface area contributed by atoms with Gasteiger partial charge in [-0.1, -0.05) is 30.3 Å². The van der Waals surface area contributed by atoms with E-state index in [-0.39, 0.29) is 5.56 Å². The Morgan fingerprint density at radius 2 is 1.61 bits per heavy atom. The molecule has 0 saturated heterocycles. The molecule has 3 aromatic carbocycles. The molecule has 0 bridgehead atoms. The second-order valence-corrected chi connectivity index (χ2v) is 5.98. The van der Waals surface area contributed by atoms with Gasteiger partial charge >= 0.3 is 5.97 Å². The molecule has 6 nitrogen and oxygen atoms in total. The Bertz CT molecular complexity index is 981. The lowest BCUT2D eigenvalue weighted by Gasteiger charge is -2.18. The van der Waals surface area contributed by atoms with E-state index in [9.17, 15) is 4.79 Å². The van der Waals surface area contributed by atoms with Crippen LogP contribution in [0.25, 0.3) is 10.8 Å². The molecular weight excluding hydrogens is 360 g/mol. The van der Waals surface area contributed by atoms with Crippen molar-refractivity contribution in [2.24, 2.45) is 0 Å². The number of ether oxygens (including phenoxy) is 5. The van der Waals surface area contributed by atoms with Crippen LogP contribution in [0.4, 0.5) is 0 Å². The quantitative estimate of drug-likeness (QED) is 0.570. The molecular formula is C22H22O6. The van der Waals surface area contributed by atoms with Crippen LogP contribution in [0.1, 0.15) is 15.9 Å². The Balaban J connectivity index is 2.21. The van der Waals surface area contributed by atoms with Gasteiger partial charge in [-0.2, -0.15) is 0 Å². The molecule has 0 aromatic heterocycles. The van der Waals surface area contributed by atoms with Crippen LogP contribution in [-0.4, -0.2) is 34.4 Å². The molecule has 0 aliphatic carbocycles. The average molecular weight is 382 g/mol. The maximum atomic E-state index is 12.5. The number of rotatable bonds is 7. The van der Waals surface area contributed by atoms with E-state index in [0.717, 1.165) is 10.9 Å². The number of fused-ring (bicyclic) bond motifs is 1. The van der Waals surface area contributed by atoms with Gasteiger partial charge in [0.2, 0.25) is 0 Å². The molecule has 0 heterocycles. The Labute approximate surface area is 163 Å². The minimum absolute atomic E-state index is 0.205. The van der Waals surface area contributed by atoms with Crippen molar-refractivity contribution in [1.29, 1.82) is 0 Å². The molecule has 0 amide bonds. The summed E-state index contributed by atoms with van der Waals surface area (Å²) in [6.45, 7) is 0.292. The van der Waals surface area contributed by atoms with Crippen molar-refractivity contribution in [3.8, 4) is 23.0 Å². The maximum absolute atomic E-state index is 12.5. The predicted molar refractivity (Wildman–Crippen MR) is 106 cm³/mol. The second kappa shape index (κ2) is 8.52. The highest BCUT2D eigenvalue weighted by molar-refractivity contribution is 6.06. The summed E-state index contributed by atoms with van der Waals surface area (Å²) in [4.78, 5) is 12.5. The van der Waals surface area contributed by atoms with Crippen LogP contribution in [0.5, 0.6) is 23.0 Å². The van der Waals surface area contributed by atoms with Gasteiger partial charge in [0.25, 0.3) is 0 Å². The normalized spacial score (nSPS) is 10.4. The molecule has 0 radical (unpaired) electrons. The molecule has 6 heteroatoms. The number of carbonyl (C=O) groups excluding carboxylic acids is 1. The number of benzene rings is 3. The van der Waals surface area contributed by atoms with Crippen molar-refractivity contribution in [2.75, 3.05) is 28.4 Å². The lowest BCUT2D eigenvalue weighted by Crippen LogP contribution is -2.09. The third-order valence-electron chi connectivity index (χ3n) is 4.38. The summed E-state index contributed by atoms with van der Waals surface area (Å²) in [5.41, 5.74) is 1.18. The van der Waals surface area contributed by atoms with Gasteiger partial charge in [-0.15, -0.1) is 0 Å². The summed E-state index contributed by atoms with van der Waals surface area (Å²) < 4.78 is 27.4. The number of esters is 1. The summed E-state index contributed by atoms with van der Waals surface area (Å²) in [6.07, 6.45) is 0. The van der Waals surface area contributed by atoms with E-state index >= 15 is 0 Å². The van der Waals surface area contributed by atoms with Gasteiger partial charge in [0.1, 0.15) is 35.2 Å². The van der Waals surface area contributed by atoms with Crippen molar-refractivity contribution >= 4 is 16.7 Å². The summed E-state index contributed by atoms with van der Waals surface area (Å²) in [7, 11) is 5.93. The van der Waals surface area contributed by atoms with Gasteiger partial charge in [0.05, 0.1) is 33.8 Å². The zero-order chi connectivity index (χ0) is 20.1. The molecule has 146 valence electrons. The molecule has 0 aliphatic heterocycles. The van der Waals surface area contributed by atoms with E-state index in [4.69, 9.17) is 23.7 Å². The van der Waals surface area contributed by atoms with Crippen LogP contribution >= 0.6 is 0 Å². The lowest BCUT2D eigenvalue weighted by molar-refractivity contribution is 0.0592. The lowest BCUT2D eigenvalue weighted by atomic mass is 10.0. The molecule has 0 saturated carbocycles. The number of carbonyl (C=O) groups is 1. The zero-order valence-electron chi connectivity index (χ0n) is 16.3. The Morgan fingerprint density at radius 3 is 2.21 bits per heavy atom. The SMILES string of the molecule is COC(=O)c1c(OCc2ccccc2)cc2cc(OC)cc(OC)c2c1OC. The van der Waals surface area contributed by atoms with Crippen molar-refractivity contribution in [3.05, 3.63) is 59.7 Å². The third-order valence-corrected chi connectivity index (χ3v) is 4.38. The highest BCUT2D eigenvalue weighted by Gasteiger charge is 2.25. The average Bonchev–Trinajstić information content (AvgIpc) is 2.75. The first-order valence-corrected chi connectivity index (χ1v) is 8.64. The van der Waals surface area contributed by atoms with E-state index in [1.807, 2.05) is 36.4 Å². The standard InChI is InChI=1S/C22H22O6/c1-24-16-10-15-11-18(28-13-14-8-6-5-7-9-14)20(22(23)27-4)21(26-3)19(15)17(12-16)25-2/h5-12H,13H2,1-4H3. The Morgan fingerprint density at radius 1 is 0.857 bits per heavy atom. The summed E-state index contributed by atoms with van der Waals surface area (Å²) in [5.74, 6) is 1.26. The van der Waals surface area contributed by atoms with Crippen molar-refractivity contribution in [2.45, 2.75) is 6.61 Å². The van der Waals surface area contributed by atoms with Crippen molar-refractivity contribution in [1.82, 2.24) is 0 Å². The molecule has 0 unspecified atom stereocenters. The number of methoxy groups -OCH3 is 4. The zero-order valence-corrected chi connectivity index (χ0v) is 16.3. The van der Waals surface area contributed by atoms with Crippen LogP contribution in [-0.2, 0) is 11.3 Å². The van der Waals surface area contributed by atoms with Crippen molar-refractivity contribution < 1.29 is 28.5 Å². The van der Waals surface area contributed by atoms with E-state index in [2.05, 4.69) is 0 Å².